The Bertz CT molecular complexity index is 873. The van der Waals surface area contributed by atoms with Gasteiger partial charge in [0.1, 0.15) is 0 Å². The molecule has 0 atom stereocenters. The third kappa shape index (κ3) is 3.40. The van der Waals surface area contributed by atoms with E-state index in [1.807, 2.05) is 58.0 Å². The maximum Gasteiger partial charge on any atom is 0.491 e. The maximum absolute atomic E-state index is 11.1. The molecule has 0 amide bonds. The molecule has 0 spiro atoms. The van der Waals surface area contributed by atoms with Gasteiger partial charge in [-0.25, -0.2) is 4.79 Å². The summed E-state index contributed by atoms with van der Waals surface area (Å²) >= 11 is 0. The lowest BCUT2D eigenvalue weighted by Crippen LogP contribution is -2.41. The minimum atomic E-state index is -0.929. The van der Waals surface area contributed by atoms with Crippen LogP contribution in [-0.4, -0.2) is 35.9 Å². The molecule has 3 N–H and O–H groups in total. The second-order valence-electron chi connectivity index (χ2n) is 7.64. The first-order chi connectivity index (χ1) is 12.1. The molecule has 136 valence electrons. The highest BCUT2D eigenvalue weighted by Gasteiger charge is 2.52. The predicted octanol–water partition coefficient (Wildman–Crippen LogP) is 3.51. The van der Waals surface area contributed by atoms with Gasteiger partial charge in [-0.3, -0.25) is 0 Å². The lowest BCUT2D eigenvalue weighted by atomic mass is 9.77. The van der Waals surface area contributed by atoms with Gasteiger partial charge in [0, 0.05) is 6.54 Å². The lowest BCUT2D eigenvalue weighted by molar-refractivity contribution is 0.00578. The first-order valence-electron chi connectivity index (χ1n) is 8.66. The van der Waals surface area contributed by atoms with Gasteiger partial charge in [-0.1, -0.05) is 24.3 Å². The molecule has 26 heavy (non-hydrogen) atoms. The Kier molecular flexibility index (Phi) is 4.69. The van der Waals surface area contributed by atoms with Crippen LogP contribution in [0.4, 0.5) is 0 Å². The molecule has 0 radical (unpaired) electrons. The Labute approximate surface area is 153 Å². The summed E-state index contributed by atoms with van der Waals surface area (Å²) in [6.07, 6.45) is 1.98. The second kappa shape index (κ2) is 6.54. The zero-order valence-corrected chi connectivity index (χ0v) is 15.6. The van der Waals surface area contributed by atoms with E-state index < -0.39 is 24.3 Å². The quantitative estimate of drug-likeness (QED) is 0.822. The summed E-state index contributed by atoms with van der Waals surface area (Å²) in [6, 6.07) is 10.9. The zero-order valence-electron chi connectivity index (χ0n) is 15.6. The fraction of sp³-hybridized carbons (Fsp3) is 0.350. The molecule has 0 unspecified atom stereocenters. The molecule has 2 aromatic rings. The van der Waals surface area contributed by atoms with E-state index in [4.69, 9.17) is 20.1 Å². The molecule has 1 heterocycles. The van der Waals surface area contributed by atoms with Crippen molar-refractivity contribution in [2.45, 2.75) is 38.9 Å². The lowest BCUT2D eigenvalue weighted by Gasteiger charge is -2.32. The second-order valence-corrected chi connectivity index (χ2v) is 7.64. The Morgan fingerprint density at radius 1 is 1.08 bits per heavy atom. The maximum atomic E-state index is 11.1. The Hall–Kier alpha value is -2.15. The molecular formula is C20H24BNO4. The number of hydrogen-bond acceptors (Lipinski definition) is 4. The van der Waals surface area contributed by atoms with Gasteiger partial charge in [0.2, 0.25) is 0 Å². The summed E-state index contributed by atoms with van der Waals surface area (Å²) in [5.74, 6) is -0.929. The van der Waals surface area contributed by atoms with Crippen LogP contribution in [0.2, 0.25) is 0 Å². The van der Waals surface area contributed by atoms with E-state index in [1.54, 1.807) is 12.1 Å². The number of nitrogens with two attached hydrogens (primary N) is 1. The van der Waals surface area contributed by atoms with E-state index in [0.717, 1.165) is 21.8 Å². The van der Waals surface area contributed by atoms with Crippen molar-refractivity contribution in [3.63, 3.8) is 0 Å². The third-order valence-electron chi connectivity index (χ3n) is 5.26. The van der Waals surface area contributed by atoms with E-state index in [-0.39, 0.29) is 5.56 Å². The van der Waals surface area contributed by atoms with Crippen molar-refractivity contribution in [2.24, 2.45) is 5.73 Å². The van der Waals surface area contributed by atoms with Gasteiger partial charge in [0.15, 0.2) is 0 Å². The van der Waals surface area contributed by atoms with Crippen LogP contribution >= 0.6 is 0 Å². The summed E-state index contributed by atoms with van der Waals surface area (Å²) in [7, 11) is -0.477. The molecule has 0 bridgehead atoms. The van der Waals surface area contributed by atoms with Crippen molar-refractivity contribution in [2.75, 3.05) is 6.54 Å². The van der Waals surface area contributed by atoms with Crippen LogP contribution < -0.4 is 5.73 Å². The number of aromatic carboxylic acids is 1. The number of rotatable bonds is 4. The highest BCUT2D eigenvalue weighted by Crippen LogP contribution is 2.38. The molecular weight excluding hydrogens is 329 g/mol. The van der Waals surface area contributed by atoms with E-state index in [9.17, 15) is 4.79 Å². The molecule has 5 nitrogen and oxygen atoms in total. The van der Waals surface area contributed by atoms with Gasteiger partial charge < -0.3 is 20.1 Å². The first kappa shape index (κ1) is 18.6. The van der Waals surface area contributed by atoms with Gasteiger partial charge >= 0.3 is 13.1 Å². The molecule has 1 fully saturated rings. The van der Waals surface area contributed by atoms with Gasteiger partial charge in [0.05, 0.1) is 16.8 Å². The monoisotopic (exact) mass is 353 g/mol. The number of carboxylic acid groups (broad SMARTS) is 1. The van der Waals surface area contributed by atoms with Crippen molar-refractivity contribution < 1.29 is 19.2 Å². The summed E-state index contributed by atoms with van der Waals surface area (Å²) < 4.78 is 12.2. The van der Waals surface area contributed by atoms with Crippen LogP contribution in [0.1, 0.15) is 43.6 Å². The number of fused-ring (bicyclic) bond motifs is 1. The van der Waals surface area contributed by atoms with Crippen molar-refractivity contribution >= 4 is 29.9 Å². The standard InChI is InChI=1S/C20H24BNO4/c1-19(2)20(3,4)26-21(25-19)17(12-22)10-13-5-6-15-11-16(18(23)24)8-7-14(15)9-13/h5-11H,12,22H2,1-4H3,(H,23,24). The fourth-order valence-corrected chi connectivity index (χ4v) is 2.92. The molecule has 1 aliphatic rings. The predicted molar refractivity (Wildman–Crippen MR) is 104 cm³/mol. The van der Waals surface area contributed by atoms with Gasteiger partial charge in [-0.05, 0) is 67.7 Å². The van der Waals surface area contributed by atoms with Crippen molar-refractivity contribution in [3.8, 4) is 0 Å². The Morgan fingerprint density at radius 3 is 2.23 bits per heavy atom. The fourth-order valence-electron chi connectivity index (χ4n) is 2.92. The van der Waals surface area contributed by atoms with Gasteiger partial charge in [-0.2, -0.15) is 0 Å². The third-order valence-corrected chi connectivity index (χ3v) is 5.26. The van der Waals surface area contributed by atoms with Crippen LogP contribution in [0, 0.1) is 0 Å². The molecule has 0 aromatic heterocycles. The van der Waals surface area contributed by atoms with E-state index >= 15 is 0 Å². The van der Waals surface area contributed by atoms with Crippen LogP contribution in [0.15, 0.2) is 41.9 Å². The minimum Gasteiger partial charge on any atom is -0.478 e. The van der Waals surface area contributed by atoms with Gasteiger partial charge in [0.25, 0.3) is 0 Å². The van der Waals surface area contributed by atoms with Crippen molar-refractivity contribution in [1.29, 1.82) is 0 Å². The smallest absolute Gasteiger partial charge is 0.478 e. The van der Waals surface area contributed by atoms with Crippen molar-refractivity contribution in [3.05, 3.63) is 53.0 Å². The normalized spacial score (nSPS) is 19.1. The molecule has 1 aliphatic heterocycles. The number of hydrogen-bond donors (Lipinski definition) is 2. The van der Waals surface area contributed by atoms with E-state index in [1.165, 1.54) is 0 Å². The van der Waals surface area contributed by atoms with E-state index in [2.05, 4.69) is 0 Å². The summed E-state index contributed by atoms with van der Waals surface area (Å²) in [6.45, 7) is 8.37. The molecule has 3 rings (SSSR count). The Morgan fingerprint density at radius 2 is 1.65 bits per heavy atom. The number of carbonyl (C=O) groups is 1. The SMILES string of the molecule is CC1(C)OB(C(=Cc2ccc3cc(C(=O)O)ccc3c2)CN)OC1(C)C. The molecule has 1 saturated heterocycles. The number of benzene rings is 2. The first-order valence-corrected chi connectivity index (χ1v) is 8.66. The average molecular weight is 353 g/mol. The molecule has 0 saturated carbocycles. The molecule has 0 aliphatic carbocycles. The van der Waals surface area contributed by atoms with Crippen LogP contribution in [0.25, 0.3) is 16.8 Å². The molecule has 2 aromatic carbocycles. The number of carboxylic acids is 1. The largest absolute Gasteiger partial charge is 0.491 e. The van der Waals surface area contributed by atoms with Crippen molar-refractivity contribution in [1.82, 2.24) is 0 Å². The van der Waals surface area contributed by atoms with Crippen LogP contribution in [0.5, 0.6) is 0 Å². The molecule has 6 heteroatoms. The topological polar surface area (TPSA) is 81.8 Å². The summed E-state index contributed by atoms with van der Waals surface area (Å²) in [5, 5.41) is 11.0. The highest BCUT2D eigenvalue weighted by atomic mass is 16.7. The summed E-state index contributed by atoms with van der Waals surface area (Å²) in [5.41, 5.74) is 7.23. The van der Waals surface area contributed by atoms with Crippen LogP contribution in [0.3, 0.4) is 0 Å². The summed E-state index contributed by atoms with van der Waals surface area (Å²) in [4.78, 5) is 11.1. The van der Waals surface area contributed by atoms with Gasteiger partial charge in [-0.15, -0.1) is 0 Å². The zero-order chi connectivity index (χ0) is 19.1. The average Bonchev–Trinajstić information content (AvgIpc) is 2.79. The highest BCUT2D eigenvalue weighted by molar-refractivity contribution is 6.55. The minimum absolute atomic E-state index is 0.278. The Balaban J connectivity index is 1.92. The van der Waals surface area contributed by atoms with E-state index in [0.29, 0.717) is 6.54 Å². The van der Waals surface area contributed by atoms with Crippen LogP contribution in [-0.2, 0) is 9.31 Å².